The Morgan fingerprint density at radius 2 is 2.33 bits per heavy atom. The molecule has 7 nitrogen and oxygen atoms in total. The van der Waals surface area contributed by atoms with Gasteiger partial charge in [0.1, 0.15) is 16.9 Å². The highest BCUT2D eigenvalue weighted by Crippen LogP contribution is 2.11. The topological polar surface area (TPSA) is 112 Å². The maximum atomic E-state index is 10.6. The van der Waals surface area contributed by atoms with Gasteiger partial charge in [0.05, 0.1) is 18.9 Å². The molecule has 2 rings (SSSR count). The van der Waals surface area contributed by atoms with Crippen LogP contribution in [-0.4, -0.2) is 26.0 Å². The molecule has 2 heterocycles. The minimum atomic E-state index is -1.05. The monoisotopic (exact) mass is 261 g/mol. The fourth-order valence-electron chi connectivity index (χ4n) is 1.13. The van der Waals surface area contributed by atoms with Gasteiger partial charge in [0.15, 0.2) is 11.4 Å². The van der Waals surface area contributed by atoms with Crippen molar-refractivity contribution in [3.05, 3.63) is 34.2 Å². The van der Waals surface area contributed by atoms with Gasteiger partial charge in [-0.05, 0) is 0 Å². The Morgan fingerprint density at radius 3 is 2.89 bits per heavy atom. The Morgan fingerprint density at radius 1 is 1.50 bits per heavy atom. The van der Waals surface area contributed by atoms with Crippen molar-refractivity contribution in [1.82, 2.24) is 15.0 Å². The molecule has 0 atom stereocenters. The summed E-state index contributed by atoms with van der Waals surface area (Å²) in [6.07, 6.45) is 2.79. The minimum absolute atomic E-state index is 0.0303. The Labute approximate surface area is 106 Å². The van der Waals surface area contributed by atoms with E-state index in [0.717, 1.165) is 0 Å². The summed E-state index contributed by atoms with van der Waals surface area (Å²) >= 11 is 1.25. The zero-order valence-corrected chi connectivity index (χ0v) is 9.81. The summed E-state index contributed by atoms with van der Waals surface area (Å²) in [5.41, 5.74) is 0.269. The predicted octanol–water partition coefficient (Wildman–Crippen LogP) is 1.12. The lowest BCUT2D eigenvalue weighted by Gasteiger charge is -2.01. The molecule has 2 aromatic rings. The number of nitrogens with zero attached hydrogens (tertiary/aromatic N) is 4. The number of thiazole rings is 1. The van der Waals surface area contributed by atoms with Crippen LogP contribution in [0.3, 0.4) is 0 Å². The molecule has 18 heavy (non-hydrogen) atoms. The standard InChI is InChI=1S/C10H7N5O2S/c11-1-6-2-13-8(3-12-6)14-4-9-15-7(5-18-9)10(16)17/h2-3,5H,4H2,(H,13,14)(H,16,17). The number of carboxylic acids is 1. The van der Waals surface area contributed by atoms with Crippen LogP contribution in [0.4, 0.5) is 5.82 Å². The number of carboxylic acid groups (broad SMARTS) is 1. The molecule has 0 spiro atoms. The molecular formula is C10H7N5O2S. The van der Waals surface area contributed by atoms with Crippen molar-refractivity contribution < 1.29 is 9.90 Å². The quantitative estimate of drug-likeness (QED) is 0.847. The molecule has 0 fully saturated rings. The Kier molecular flexibility index (Phi) is 3.45. The van der Waals surface area contributed by atoms with Gasteiger partial charge in [0.2, 0.25) is 0 Å². The Hall–Kier alpha value is -2.53. The first-order valence-corrected chi connectivity index (χ1v) is 5.70. The van der Waals surface area contributed by atoms with Gasteiger partial charge in [0, 0.05) is 5.38 Å². The van der Waals surface area contributed by atoms with E-state index in [1.807, 2.05) is 6.07 Å². The molecule has 90 valence electrons. The fraction of sp³-hybridized carbons (Fsp3) is 0.100. The second kappa shape index (κ2) is 5.20. The Bertz CT molecular complexity index is 601. The highest BCUT2D eigenvalue weighted by molar-refractivity contribution is 7.09. The first kappa shape index (κ1) is 11.9. The van der Waals surface area contributed by atoms with Gasteiger partial charge in [-0.2, -0.15) is 5.26 Å². The van der Waals surface area contributed by atoms with E-state index >= 15 is 0 Å². The van der Waals surface area contributed by atoms with Crippen molar-refractivity contribution in [1.29, 1.82) is 5.26 Å². The van der Waals surface area contributed by atoms with E-state index in [9.17, 15) is 4.79 Å². The molecule has 0 unspecified atom stereocenters. The number of aromatic nitrogens is 3. The SMILES string of the molecule is N#Cc1cnc(NCc2nc(C(=O)O)cs2)cn1. The van der Waals surface area contributed by atoms with Crippen molar-refractivity contribution in [2.24, 2.45) is 0 Å². The van der Waals surface area contributed by atoms with Crippen molar-refractivity contribution in [2.75, 3.05) is 5.32 Å². The van der Waals surface area contributed by atoms with Crippen LogP contribution in [-0.2, 0) is 6.54 Å². The maximum absolute atomic E-state index is 10.6. The number of hydrogen-bond donors (Lipinski definition) is 2. The van der Waals surface area contributed by atoms with Gasteiger partial charge in [-0.1, -0.05) is 0 Å². The number of hydrogen-bond acceptors (Lipinski definition) is 7. The third-order valence-corrected chi connectivity index (χ3v) is 2.81. The minimum Gasteiger partial charge on any atom is -0.476 e. The number of nitriles is 1. The fourth-order valence-corrected chi connectivity index (χ4v) is 1.84. The summed E-state index contributed by atoms with van der Waals surface area (Å²) in [7, 11) is 0. The van der Waals surface area contributed by atoms with Crippen molar-refractivity contribution in [3.8, 4) is 6.07 Å². The summed E-state index contributed by atoms with van der Waals surface area (Å²) in [5, 5.41) is 22.3. The van der Waals surface area contributed by atoms with Crippen LogP contribution in [0.15, 0.2) is 17.8 Å². The van der Waals surface area contributed by atoms with Gasteiger partial charge >= 0.3 is 5.97 Å². The van der Waals surface area contributed by atoms with E-state index in [-0.39, 0.29) is 11.4 Å². The molecule has 0 aromatic carbocycles. The van der Waals surface area contributed by atoms with E-state index in [0.29, 0.717) is 17.4 Å². The molecule has 0 aliphatic rings. The largest absolute Gasteiger partial charge is 0.476 e. The van der Waals surface area contributed by atoms with Crippen LogP contribution in [0.2, 0.25) is 0 Å². The maximum Gasteiger partial charge on any atom is 0.355 e. The second-order valence-corrected chi connectivity index (χ2v) is 4.13. The average molecular weight is 261 g/mol. The molecule has 0 amide bonds. The third kappa shape index (κ3) is 2.78. The molecule has 0 aliphatic carbocycles. The molecule has 8 heteroatoms. The van der Waals surface area contributed by atoms with Crippen molar-refractivity contribution in [3.63, 3.8) is 0 Å². The van der Waals surface area contributed by atoms with Gasteiger partial charge in [-0.3, -0.25) is 0 Å². The average Bonchev–Trinajstić information content (AvgIpc) is 2.86. The van der Waals surface area contributed by atoms with Gasteiger partial charge in [-0.15, -0.1) is 11.3 Å². The van der Waals surface area contributed by atoms with Gasteiger partial charge in [-0.25, -0.2) is 19.7 Å². The van der Waals surface area contributed by atoms with E-state index < -0.39 is 5.97 Å². The first-order chi connectivity index (χ1) is 8.69. The summed E-state index contributed by atoms with van der Waals surface area (Å²) < 4.78 is 0. The van der Waals surface area contributed by atoms with Crippen LogP contribution in [0.25, 0.3) is 0 Å². The summed E-state index contributed by atoms with van der Waals surface area (Å²) in [6.45, 7) is 0.360. The highest BCUT2D eigenvalue weighted by atomic mass is 32.1. The third-order valence-electron chi connectivity index (χ3n) is 1.96. The molecule has 0 aliphatic heterocycles. The smallest absolute Gasteiger partial charge is 0.355 e. The lowest BCUT2D eigenvalue weighted by molar-refractivity contribution is 0.0691. The van der Waals surface area contributed by atoms with Crippen LogP contribution >= 0.6 is 11.3 Å². The molecule has 0 radical (unpaired) electrons. The van der Waals surface area contributed by atoms with E-state index in [2.05, 4.69) is 20.3 Å². The van der Waals surface area contributed by atoms with Crippen LogP contribution < -0.4 is 5.32 Å². The molecular weight excluding hydrogens is 254 g/mol. The predicted molar refractivity (Wildman–Crippen MR) is 63.1 cm³/mol. The summed E-state index contributed by atoms with van der Waals surface area (Å²) in [6, 6.07) is 1.87. The number of nitrogens with one attached hydrogen (secondary N) is 1. The Balaban J connectivity index is 1.98. The second-order valence-electron chi connectivity index (χ2n) is 3.18. The number of anilines is 1. The number of aromatic carboxylic acids is 1. The van der Waals surface area contributed by atoms with Crippen LogP contribution in [0.5, 0.6) is 0 Å². The zero-order chi connectivity index (χ0) is 13.0. The number of rotatable bonds is 4. The highest BCUT2D eigenvalue weighted by Gasteiger charge is 2.08. The van der Waals surface area contributed by atoms with Crippen LogP contribution in [0, 0.1) is 11.3 Å². The molecule has 2 N–H and O–H groups in total. The first-order valence-electron chi connectivity index (χ1n) is 4.83. The lowest BCUT2D eigenvalue weighted by Crippen LogP contribution is -2.03. The normalized spacial score (nSPS) is 9.72. The van der Waals surface area contributed by atoms with Gasteiger partial charge < -0.3 is 10.4 Å². The van der Waals surface area contributed by atoms with Gasteiger partial charge in [0.25, 0.3) is 0 Å². The van der Waals surface area contributed by atoms with Crippen molar-refractivity contribution in [2.45, 2.75) is 6.54 Å². The molecule has 0 bridgehead atoms. The molecule has 2 aromatic heterocycles. The van der Waals surface area contributed by atoms with Crippen molar-refractivity contribution >= 4 is 23.1 Å². The summed E-state index contributed by atoms with van der Waals surface area (Å²) in [5.74, 6) is -0.545. The van der Waals surface area contributed by atoms with Crippen LogP contribution in [0.1, 0.15) is 21.2 Å². The number of carbonyl (C=O) groups is 1. The van der Waals surface area contributed by atoms with E-state index in [4.69, 9.17) is 10.4 Å². The van der Waals surface area contributed by atoms with E-state index in [1.54, 1.807) is 0 Å². The lowest BCUT2D eigenvalue weighted by atomic mass is 10.5. The summed E-state index contributed by atoms with van der Waals surface area (Å²) in [4.78, 5) is 22.4. The molecule has 0 saturated heterocycles. The zero-order valence-electron chi connectivity index (χ0n) is 8.99. The molecule has 0 saturated carbocycles. The van der Waals surface area contributed by atoms with E-state index in [1.165, 1.54) is 29.1 Å².